The molecular weight excluding hydrogens is 378 g/mol. The average molecular weight is 403 g/mol. The van der Waals surface area contributed by atoms with Crippen molar-refractivity contribution in [3.63, 3.8) is 0 Å². The average Bonchev–Trinajstić information content (AvgIpc) is 3.14. The first-order chi connectivity index (χ1) is 14.6. The van der Waals surface area contributed by atoms with Crippen molar-refractivity contribution in [2.75, 3.05) is 13.7 Å². The zero-order valence-corrected chi connectivity index (χ0v) is 17.2. The lowest BCUT2D eigenvalue weighted by Gasteiger charge is -2.22. The Balaban J connectivity index is 1.77. The van der Waals surface area contributed by atoms with Gasteiger partial charge in [0.2, 0.25) is 0 Å². The van der Waals surface area contributed by atoms with Crippen molar-refractivity contribution >= 4 is 11.8 Å². The topological polar surface area (TPSA) is 68.4 Å². The Morgan fingerprint density at radius 3 is 2.53 bits per heavy atom. The number of fused-ring (bicyclic) bond motifs is 1. The Morgan fingerprint density at radius 1 is 1.07 bits per heavy atom. The molecule has 30 heavy (non-hydrogen) atoms. The lowest BCUT2D eigenvalue weighted by molar-refractivity contribution is 0.0519. The highest BCUT2D eigenvalue weighted by atomic mass is 16.5. The molecule has 0 amide bonds. The molecule has 0 radical (unpaired) electrons. The number of rotatable bonds is 6. The third-order valence-corrected chi connectivity index (χ3v) is 5.65. The molecule has 2 aromatic carbocycles. The fourth-order valence-electron chi connectivity index (χ4n) is 4.28. The lowest BCUT2D eigenvalue weighted by atomic mass is 9.80. The summed E-state index contributed by atoms with van der Waals surface area (Å²) >= 11 is 0. The second-order valence-electron chi connectivity index (χ2n) is 7.48. The Kier molecular flexibility index (Phi) is 5.70. The number of nitrogens with one attached hydrogen (secondary N) is 1. The third kappa shape index (κ3) is 3.75. The Hall–Kier alpha value is -3.34. The van der Waals surface area contributed by atoms with Crippen LogP contribution in [0.15, 0.2) is 54.6 Å². The van der Waals surface area contributed by atoms with E-state index in [4.69, 9.17) is 9.47 Å². The quantitative estimate of drug-likeness (QED) is 0.606. The number of esters is 1. The number of Topliss-reactive ketones (excluding diaryl/α,β-unsaturated/α-hetero) is 1. The van der Waals surface area contributed by atoms with Crippen LogP contribution in [0.5, 0.6) is 5.75 Å². The minimum absolute atomic E-state index is 0.0572. The van der Waals surface area contributed by atoms with Crippen molar-refractivity contribution < 1.29 is 19.1 Å². The van der Waals surface area contributed by atoms with Crippen molar-refractivity contribution in [2.45, 2.75) is 32.1 Å². The number of carbonyl (C=O) groups is 2. The van der Waals surface area contributed by atoms with Crippen molar-refractivity contribution in [2.24, 2.45) is 0 Å². The van der Waals surface area contributed by atoms with E-state index in [0.29, 0.717) is 36.1 Å². The van der Waals surface area contributed by atoms with Crippen LogP contribution in [-0.2, 0) is 17.6 Å². The molecule has 1 atom stereocenters. The number of hydrogen-bond acceptors (Lipinski definition) is 4. The summed E-state index contributed by atoms with van der Waals surface area (Å²) in [4.78, 5) is 29.2. The monoisotopic (exact) mass is 403 g/mol. The highest BCUT2D eigenvalue weighted by molar-refractivity contribution is 6.04. The molecule has 4 rings (SSSR count). The molecule has 3 aromatic rings. The molecule has 0 spiro atoms. The normalized spacial score (nSPS) is 15.5. The molecule has 1 aromatic heterocycles. The summed E-state index contributed by atoms with van der Waals surface area (Å²) in [5, 5.41) is 0. The third-order valence-electron chi connectivity index (χ3n) is 5.65. The molecule has 0 saturated carbocycles. The lowest BCUT2D eigenvalue weighted by Crippen LogP contribution is -2.19. The largest absolute Gasteiger partial charge is 0.496 e. The maximum atomic E-state index is 13.2. The van der Waals surface area contributed by atoms with Gasteiger partial charge in [0.15, 0.2) is 5.78 Å². The van der Waals surface area contributed by atoms with E-state index in [-0.39, 0.29) is 18.3 Å². The summed E-state index contributed by atoms with van der Waals surface area (Å²) in [6.07, 6.45) is 1.53. The molecule has 5 heteroatoms. The van der Waals surface area contributed by atoms with Gasteiger partial charge in [-0.05, 0) is 36.5 Å². The molecule has 0 unspecified atom stereocenters. The van der Waals surface area contributed by atoms with Crippen LogP contribution >= 0.6 is 0 Å². The first kappa shape index (κ1) is 20.0. The molecule has 0 bridgehead atoms. The number of ketones is 1. The predicted octanol–water partition coefficient (Wildman–Crippen LogP) is 4.70. The molecule has 0 saturated heterocycles. The van der Waals surface area contributed by atoms with E-state index in [1.165, 1.54) is 0 Å². The van der Waals surface area contributed by atoms with E-state index in [2.05, 4.69) is 4.98 Å². The van der Waals surface area contributed by atoms with Crippen molar-refractivity contribution in [3.05, 3.63) is 88.2 Å². The number of hydrogen-bond donors (Lipinski definition) is 1. The molecule has 154 valence electrons. The van der Waals surface area contributed by atoms with E-state index >= 15 is 0 Å². The van der Waals surface area contributed by atoms with Gasteiger partial charge < -0.3 is 14.5 Å². The molecule has 0 aliphatic heterocycles. The van der Waals surface area contributed by atoms with Gasteiger partial charge in [0.25, 0.3) is 0 Å². The van der Waals surface area contributed by atoms with Gasteiger partial charge in [0.1, 0.15) is 11.4 Å². The minimum atomic E-state index is -0.430. The Morgan fingerprint density at radius 2 is 1.80 bits per heavy atom. The van der Waals surface area contributed by atoms with Gasteiger partial charge in [0.05, 0.1) is 13.7 Å². The van der Waals surface area contributed by atoms with Crippen molar-refractivity contribution in [1.82, 2.24) is 4.98 Å². The fraction of sp³-hybridized carbons (Fsp3) is 0.280. The number of H-pyrrole nitrogens is 1. The zero-order chi connectivity index (χ0) is 21.1. The fourth-order valence-corrected chi connectivity index (χ4v) is 4.28. The van der Waals surface area contributed by atoms with E-state index < -0.39 is 5.97 Å². The van der Waals surface area contributed by atoms with Crippen molar-refractivity contribution in [1.29, 1.82) is 0 Å². The number of aromatic nitrogens is 1. The van der Waals surface area contributed by atoms with Crippen LogP contribution < -0.4 is 4.74 Å². The van der Waals surface area contributed by atoms with E-state index in [1.807, 2.05) is 54.6 Å². The van der Waals surface area contributed by atoms with E-state index in [1.54, 1.807) is 14.0 Å². The first-order valence-corrected chi connectivity index (χ1v) is 10.2. The summed E-state index contributed by atoms with van der Waals surface area (Å²) in [5.74, 6) is 0.453. The number of ether oxygens (including phenoxy) is 2. The number of para-hydroxylation sites is 1. The van der Waals surface area contributed by atoms with Crippen LogP contribution in [0.2, 0.25) is 0 Å². The maximum Gasteiger partial charge on any atom is 0.355 e. The van der Waals surface area contributed by atoms with Gasteiger partial charge in [-0.3, -0.25) is 4.79 Å². The summed E-state index contributed by atoms with van der Waals surface area (Å²) in [6, 6.07) is 17.7. The minimum Gasteiger partial charge on any atom is -0.496 e. The Labute approximate surface area is 176 Å². The van der Waals surface area contributed by atoms with Gasteiger partial charge in [0, 0.05) is 29.7 Å². The predicted molar refractivity (Wildman–Crippen MR) is 114 cm³/mol. The first-order valence-electron chi connectivity index (χ1n) is 10.2. The number of carbonyl (C=O) groups excluding carboxylic acids is 2. The summed E-state index contributed by atoms with van der Waals surface area (Å²) in [7, 11) is 1.62. The number of methoxy groups -OCH3 is 1. The van der Waals surface area contributed by atoms with Gasteiger partial charge in [-0.25, -0.2) is 4.79 Å². The molecule has 1 aliphatic rings. The van der Waals surface area contributed by atoms with Gasteiger partial charge in [-0.1, -0.05) is 48.5 Å². The van der Waals surface area contributed by atoms with E-state index in [0.717, 1.165) is 22.6 Å². The van der Waals surface area contributed by atoms with Crippen LogP contribution in [0.1, 0.15) is 62.5 Å². The van der Waals surface area contributed by atoms with Gasteiger partial charge >= 0.3 is 5.97 Å². The molecule has 5 nitrogen and oxygen atoms in total. The van der Waals surface area contributed by atoms with Gasteiger partial charge in [-0.2, -0.15) is 0 Å². The molecular formula is C25H25NO4. The van der Waals surface area contributed by atoms with Crippen LogP contribution in [0.4, 0.5) is 0 Å². The van der Waals surface area contributed by atoms with Crippen LogP contribution in [0.25, 0.3) is 0 Å². The van der Waals surface area contributed by atoms with E-state index in [9.17, 15) is 9.59 Å². The Bertz CT molecular complexity index is 1070. The summed E-state index contributed by atoms with van der Waals surface area (Å²) in [6.45, 7) is 2.05. The van der Waals surface area contributed by atoms with Crippen molar-refractivity contribution in [3.8, 4) is 5.75 Å². The second-order valence-corrected chi connectivity index (χ2v) is 7.48. The second kappa shape index (κ2) is 8.57. The molecule has 1 aliphatic carbocycles. The zero-order valence-electron chi connectivity index (χ0n) is 17.2. The van der Waals surface area contributed by atoms with Crippen LogP contribution in [0.3, 0.4) is 0 Å². The SMILES string of the molecule is CCOC(=O)c1[nH]c2c(c1Cc1ccccc1OC)C(=O)C[C@@H](c1ccccc1)C2. The number of benzene rings is 2. The highest BCUT2D eigenvalue weighted by Crippen LogP contribution is 2.37. The molecule has 1 N–H and O–H groups in total. The summed E-state index contributed by atoms with van der Waals surface area (Å²) in [5.41, 5.74) is 4.57. The number of aromatic amines is 1. The smallest absolute Gasteiger partial charge is 0.355 e. The maximum absolute atomic E-state index is 13.2. The highest BCUT2D eigenvalue weighted by Gasteiger charge is 2.34. The van der Waals surface area contributed by atoms with Crippen LogP contribution in [0, 0.1) is 0 Å². The molecule has 1 heterocycles. The standard InChI is InChI=1S/C25H25NO4/c1-3-30-25(28)24-19(13-17-11-7-8-12-22(17)29-2)23-20(26-24)14-18(15-21(23)27)16-9-5-4-6-10-16/h4-12,18,26H,3,13-15H2,1-2H3/t18-/m0/s1. The van der Waals surface area contributed by atoms with Gasteiger partial charge in [-0.15, -0.1) is 0 Å². The summed E-state index contributed by atoms with van der Waals surface area (Å²) < 4.78 is 10.8. The van der Waals surface area contributed by atoms with Crippen LogP contribution in [-0.4, -0.2) is 30.5 Å². The molecule has 0 fully saturated rings.